The van der Waals surface area contributed by atoms with Crippen LogP contribution in [-0.2, 0) is 24.8 Å². The molecule has 0 radical (unpaired) electrons. The van der Waals surface area contributed by atoms with Gasteiger partial charge in [-0.3, -0.25) is 4.79 Å². The van der Waals surface area contributed by atoms with E-state index >= 15 is 0 Å². The first kappa shape index (κ1) is 17.9. The van der Waals surface area contributed by atoms with Crippen LogP contribution in [0, 0.1) is 6.92 Å². The summed E-state index contributed by atoms with van der Waals surface area (Å²) in [6.45, 7) is 6.74. The van der Waals surface area contributed by atoms with Crippen molar-refractivity contribution in [2.45, 2.75) is 44.6 Å². The molecule has 7 nitrogen and oxygen atoms in total. The second-order valence-corrected chi connectivity index (χ2v) is 10.1. The summed E-state index contributed by atoms with van der Waals surface area (Å²) in [4.78, 5) is 11.8. The Morgan fingerprint density at radius 3 is 2.26 bits per heavy atom. The van der Waals surface area contributed by atoms with E-state index in [0.29, 0.717) is 5.56 Å². The van der Waals surface area contributed by atoms with Gasteiger partial charge in [-0.2, -0.15) is 0 Å². The topological polar surface area (TPSA) is 101 Å². The Bertz CT molecular complexity index is 852. The van der Waals surface area contributed by atoms with Crippen LogP contribution in [-0.4, -0.2) is 34.0 Å². The van der Waals surface area contributed by atoms with Crippen molar-refractivity contribution >= 4 is 31.6 Å². The molecule has 0 atom stereocenters. The molecular weight excluding hydrogens is 340 g/mol. The molecule has 1 N–H and O–H groups in total. The van der Waals surface area contributed by atoms with Crippen molar-refractivity contribution in [2.24, 2.45) is 0 Å². The molecule has 1 aromatic carbocycles. The second-order valence-electron chi connectivity index (χ2n) is 6.53. The zero-order valence-corrected chi connectivity index (χ0v) is 15.1. The van der Waals surface area contributed by atoms with Gasteiger partial charge in [-0.25, -0.2) is 25.9 Å². The largest absolute Gasteiger partial charge is 0.273 e. The van der Waals surface area contributed by atoms with E-state index in [1.165, 1.54) is 18.2 Å². The predicted octanol–water partition coefficient (Wildman–Crippen LogP) is 1.14. The third kappa shape index (κ3) is 3.73. The van der Waals surface area contributed by atoms with E-state index in [1.807, 2.05) is 0 Å². The molecule has 2 rings (SSSR count). The zero-order chi connectivity index (χ0) is 17.6. The first-order chi connectivity index (χ1) is 10.3. The van der Waals surface area contributed by atoms with E-state index in [4.69, 9.17) is 0 Å². The summed E-state index contributed by atoms with van der Waals surface area (Å²) >= 11 is 0. The van der Waals surface area contributed by atoms with Crippen molar-refractivity contribution in [3.05, 3.63) is 23.8 Å². The molecule has 1 fully saturated rings. The summed E-state index contributed by atoms with van der Waals surface area (Å²) in [5.74, 6) is -0.732. The number of carbonyl (C=O) groups is 1. The highest BCUT2D eigenvalue weighted by Crippen LogP contribution is 2.28. The fourth-order valence-electron chi connectivity index (χ4n) is 2.39. The van der Waals surface area contributed by atoms with Gasteiger partial charge >= 0.3 is 0 Å². The van der Waals surface area contributed by atoms with Crippen molar-refractivity contribution in [1.29, 1.82) is 0 Å². The first-order valence-electron chi connectivity index (χ1n) is 7.04. The highest BCUT2D eigenvalue weighted by atomic mass is 32.2. The van der Waals surface area contributed by atoms with Crippen LogP contribution in [0.3, 0.4) is 0 Å². The van der Waals surface area contributed by atoms with E-state index in [9.17, 15) is 21.6 Å². The molecule has 23 heavy (non-hydrogen) atoms. The van der Waals surface area contributed by atoms with Gasteiger partial charge in [-0.1, -0.05) is 0 Å². The van der Waals surface area contributed by atoms with Gasteiger partial charge in [-0.15, -0.1) is 0 Å². The molecule has 0 saturated carbocycles. The minimum atomic E-state index is -3.73. The molecule has 1 aromatic rings. The third-order valence-electron chi connectivity index (χ3n) is 3.20. The van der Waals surface area contributed by atoms with Crippen LogP contribution in [0.15, 0.2) is 23.1 Å². The molecule has 0 aliphatic carbocycles. The smallest absolute Gasteiger partial charge is 0.242 e. The quantitative estimate of drug-likeness (QED) is 0.871. The molecule has 0 bridgehead atoms. The third-order valence-corrected chi connectivity index (χ3v) is 6.81. The van der Waals surface area contributed by atoms with Crippen molar-refractivity contribution < 1.29 is 21.6 Å². The fourth-order valence-corrected chi connectivity index (χ4v) is 5.49. The standard InChI is InChI=1S/C14H20N2O5S2/c1-10-9-11(16-13(17)7-8-22(16,18)19)5-6-12(10)23(20,21)15-14(2,3)4/h5-6,9,15H,7-8H2,1-4H3. The number of benzene rings is 1. The van der Waals surface area contributed by atoms with E-state index in [-0.39, 0.29) is 22.8 Å². The Labute approximate surface area is 136 Å². The number of rotatable bonds is 3. The predicted molar refractivity (Wildman–Crippen MR) is 87.1 cm³/mol. The minimum Gasteiger partial charge on any atom is -0.273 e. The lowest BCUT2D eigenvalue weighted by Gasteiger charge is -2.22. The normalized spacial score (nSPS) is 18.4. The van der Waals surface area contributed by atoms with Gasteiger partial charge in [0.15, 0.2) is 0 Å². The van der Waals surface area contributed by atoms with Crippen LogP contribution in [0.4, 0.5) is 5.69 Å². The molecule has 1 saturated heterocycles. The van der Waals surface area contributed by atoms with Gasteiger partial charge in [0.05, 0.1) is 16.3 Å². The average molecular weight is 360 g/mol. The summed E-state index contributed by atoms with van der Waals surface area (Å²) in [6, 6.07) is 4.06. The summed E-state index contributed by atoms with van der Waals surface area (Å²) in [5.41, 5.74) is -0.105. The lowest BCUT2D eigenvalue weighted by atomic mass is 10.1. The number of hydrogen-bond donors (Lipinski definition) is 1. The van der Waals surface area contributed by atoms with Gasteiger partial charge < -0.3 is 0 Å². The molecule has 1 aliphatic heterocycles. The van der Waals surface area contributed by atoms with Gasteiger partial charge in [0, 0.05) is 12.0 Å². The lowest BCUT2D eigenvalue weighted by Crippen LogP contribution is -2.40. The second kappa shape index (κ2) is 5.57. The van der Waals surface area contributed by atoms with Crippen LogP contribution in [0.5, 0.6) is 0 Å². The SMILES string of the molecule is Cc1cc(N2C(=O)CCS2(=O)=O)ccc1S(=O)(=O)NC(C)(C)C. The highest BCUT2D eigenvalue weighted by molar-refractivity contribution is 7.94. The summed E-state index contributed by atoms with van der Waals surface area (Å²) in [6.07, 6.45) is -0.0625. The summed E-state index contributed by atoms with van der Waals surface area (Å²) < 4.78 is 51.9. The van der Waals surface area contributed by atoms with Crippen molar-refractivity contribution in [2.75, 3.05) is 10.1 Å². The number of hydrogen-bond acceptors (Lipinski definition) is 5. The molecule has 0 spiro atoms. The summed E-state index contributed by atoms with van der Waals surface area (Å²) in [7, 11) is -7.40. The van der Waals surface area contributed by atoms with Crippen LogP contribution in [0.25, 0.3) is 0 Å². The molecule has 1 amide bonds. The fraction of sp³-hybridized carbons (Fsp3) is 0.500. The Morgan fingerprint density at radius 1 is 1.22 bits per heavy atom. The van der Waals surface area contributed by atoms with Gasteiger partial charge in [-0.05, 0) is 51.5 Å². The number of aryl methyl sites for hydroxylation is 1. The highest BCUT2D eigenvalue weighted by Gasteiger charge is 2.36. The molecule has 0 aromatic heterocycles. The Hall–Kier alpha value is -1.45. The molecule has 1 heterocycles. The average Bonchev–Trinajstić information content (AvgIpc) is 2.59. The van der Waals surface area contributed by atoms with Gasteiger partial charge in [0.1, 0.15) is 0 Å². The molecule has 128 valence electrons. The molecule has 9 heteroatoms. The maximum absolute atomic E-state index is 12.4. The van der Waals surface area contributed by atoms with E-state index in [0.717, 1.165) is 4.31 Å². The van der Waals surface area contributed by atoms with E-state index < -0.39 is 31.5 Å². The van der Waals surface area contributed by atoms with Gasteiger partial charge in [0.25, 0.3) is 0 Å². The Morgan fingerprint density at radius 2 is 1.83 bits per heavy atom. The van der Waals surface area contributed by atoms with Crippen molar-refractivity contribution in [1.82, 2.24) is 4.72 Å². The number of sulfonamides is 2. The number of amides is 1. The summed E-state index contributed by atoms with van der Waals surface area (Å²) in [5, 5.41) is 0. The van der Waals surface area contributed by atoms with Crippen LogP contribution in [0.2, 0.25) is 0 Å². The number of nitrogens with one attached hydrogen (secondary N) is 1. The monoisotopic (exact) mass is 360 g/mol. The van der Waals surface area contributed by atoms with Crippen molar-refractivity contribution in [3.8, 4) is 0 Å². The maximum atomic E-state index is 12.4. The number of anilines is 1. The minimum absolute atomic E-state index is 0.0558. The Kier molecular flexibility index (Phi) is 4.33. The molecule has 0 unspecified atom stereocenters. The van der Waals surface area contributed by atoms with Crippen LogP contribution < -0.4 is 9.03 Å². The van der Waals surface area contributed by atoms with E-state index in [2.05, 4.69) is 4.72 Å². The zero-order valence-electron chi connectivity index (χ0n) is 13.5. The lowest BCUT2D eigenvalue weighted by molar-refractivity contribution is -0.116. The first-order valence-corrected chi connectivity index (χ1v) is 10.1. The van der Waals surface area contributed by atoms with Crippen LogP contribution in [0.1, 0.15) is 32.8 Å². The van der Waals surface area contributed by atoms with Crippen LogP contribution >= 0.6 is 0 Å². The van der Waals surface area contributed by atoms with E-state index in [1.54, 1.807) is 27.7 Å². The number of carbonyl (C=O) groups excluding carboxylic acids is 1. The number of nitrogens with zero attached hydrogens (tertiary/aromatic N) is 1. The van der Waals surface area contributed by atoms with Crippen molar-refractivity contribution in [3.63, 3.8) is 0 Å². The maximum Gasteiger partial charge on any atom is 0.242 e. The Balaban J connectivity index is 2.45. The molecular formula is C14H20N2O5S2. The van der Waals surface area contributed by atoms with Gasteiger partial charge in [0.2, 0.25) is 26.0 Å². The molecule has 1 aliphatic rings.